The number of fused-ring (bicyclic) bond motifs is 1. The normalized spacial score (nSPS) is 14.6. The second-order valence-electron chi connectivity index (χ2n) is 7.65. The van der Waals surface area contributed by atoms with Gasteiger partial charge in [0.15, 0.2) is 0 Å². The number of benzene rings is 2. The van der Waals surface area contributed by atoms with E-state index in [2.05, 4.69) is 10.3 Å². The van der Waals surface area contributed by atoms with Crippen LogP contribution in [0.5, 0.6) is 0 Å². The van der Waals surface area contributed by atoms with Crippen molar-refractivity contribution in [2.24, 2.45) is 0 Å². The monoisotopic (exact) mass is 509 g/mol. The third-order valence-electron chi connectivity index (χ3n) is 5.22. The van der Waals surface area contributed by atoms with Gasteiger partial charge in [0, 0.05) is 47.5 Å². The van der Waals surface area contributed by atoms with Crippen LogP contribution < -0.4 is 5.32 Å². The second kappa shape index (κ2) is 10.8. The van der Waals surface area contributed by atoms with Crippen molar-refractivity contribution in [1.82, 2.24) is 9.29 Å². The van der Waals surface area contributed by atoms with Gasteiger partial charge in [-0.05, 0) is 43.2 Å². The number of carbonyl (C=O) groups excluding carboxylic acids is 1. The molecule has 0 radical (unpaired) electrons. The molecular formula is C23H22F3N3O5S. The highest BCUT2D eigenvalue weighted by atomic mass is 32.2. The molecule has 1 aliphatic heterocycles. The fourth-order valence-corrected chi connectivity index (χ4v) is 5.04. The molecule has 0 unspecified atom stereocenters. The third-order valence-corrected chi connectivity index (χ3v) is 7.12. The molecule has 0 saturated carbocycles. The molecule has 0 spiro atoms. The summed E-state index contributed by atoms with van der Waals surface area (Å²) in [7, 11) is -3.58. The number of nitrogens with one attached hydrogen (secondary N) is 1. The number of sulfonamides is 1. The van der Waals surface area contributed by atoms with Crippen molar-refractivity contribution >= 4 is 38.4 Å². The van der Waals surface area contributed by atoms with Gasteiger partial charge in [-0.1, -0.05) is 24.6 Å². The van der Waals surface area contributed by atoms with E-state index in [9.17, 15) is 26.4 Å². The number of carbonyl (C=O) groups is 2. The molecule has 1 aliphatic rings. The summed E-state index contributed by atoms with van der Waals surface area (Å²) < 4.78 is 59.0. The minimum Gasteiger partial charge on any atom is -0.475 e. The predicted molar refractivity (Wildman–Crippen MR) is 122 cm³/mol. The Bertz CT molecular complexity index is 1320. The first-order valence-electron chi connectivity index (χ1n) is 10.5. The van der Waals surface area contributed by atoms with Crippen LogP contribution in [0.25, 0.3) is 10.8 Å². The number of nitrogens with zero attached hydrogens (tertiary/aromatic N) is 2. The fraction of sp³-hybridized carbons (Fsp3) is 0.261. The van der Waals surface area contributed by atoms with Crippen LogP contribution in [0, 0.1) is 0 Å². The van der Waals surface area contributed by atoms with Crippen LogP contribution in [0.4, 0.5) is 18.9 Å². The maximum atomic E-state index is 12.9. The maximum absolute atomic E-state index is 12.9. The van der Waals surface area contributed by atoms with E-state index < -0.39 is 22.2 Å². The molecule has 2 aromatic carbocycles. The molecule has 12 heteroatoms. The summed E-state index contributed by atoms with van der Waals surface area (Å²) in [4.78, 5) is 25.9. The van der Waals surface area contributed by atoms with E-state index >= 15 is 0 Å². The van der Waals surface area contributed by atoms with Crippen LogP contribution in [-0.2, 0) is 14.8 Å². The number of amides is 1. The number of carboxylic acid groups (broad SMARTS) is 1. The lowest BCUT2D eigenvalue weighted by atomic mass is 10.1. The van der Waals surface area contributed by atoms with Crippen LogP contribution in [0.1, 0.15) is 29.6 Å². The number of pyridine rings is 1. The molecule has 0 bridgehead atoms. The Morgan fingerprint density at radius 1 is 1.00 bits per heavy atom. The van der Waals surface area contributed by atoms with E-state index in [4.69, 9.17) is 9.90 Å². The number of carboxylic acids is 1. The molecule has 35 heavy (non-hydrogen) atoms. The van der Waals surface area contributed by atoms with Gasteiger partial charge in [-0.2, -0.15) is 17.5 Å². The van der Waals surface area contributed by atoms with Gasteiger partial charge < -0.3 is 10.4 Å². The van der Waals surface area contributed by atoms with E-state index in [0.717, 1.165) is 30.0 Å². The maximum Gasteiger partial charge on any atom is 0.490 e. The lowest BCUT2D eigenvalue weighted by molar-refractivity contribution is -0.192. The largest absolute Gasteiger partial charge is 0.490 e. The third kappa shape index (κ3) is 6.55. The molecule has 8 nitrogen and oxygen atoms in total. The first-order chi connectivity index (χ1) is 16.5. The zero-order valence-electron chi connectivity index (χ0n) is 18.3. The number of halogens is 3. The molecule has 2 N–H and O–H groups in total. The average Bonchev–Trinajstić information content (AvgIpc) is 2.84. The Labute approximate surface area is 199 Å². The van der Waals surface area contributed by atoms with E-state index in [-0.39, 0.29) is 10.8 Å². The SMILES string of the molecule is O=C(Nc1cccc2cnccc12)c1cccc(S(=O)(=O)N2CCCCC2)c1.O=C(O)C(F)(F)F. The molecule has 0 atom stereocenters. The Hall–Kier alpha value is -3.51. The minimum absolute atomic E-state index is 0.157. The van der Waals surface area contributed by atoms with E-state index in [1.807, 2.05) is 24.3 Å². The molecule has 0 aliphatic carbocycles. The van der Waals surface area contributed by atoms with Crippen LogP contribution >= 0.6 is 0 Å². The average molecular weight is 510 g/mol. The highest BCUT2D eigenvalue weighted by molar-refractivity contribution is 7.89. The number of hydrogen-bond donors (Lipinski definition) is 2. The number of aliphatic carboxylic acids is 1. The van der Waals surface area contributed by atoms with Crippen LogP contribution in [0.15, 0.2) is 65.8 Å². The molecule has 1 aromatic heterocycles. The summed E-state index contributed by atoms with van der Waals surface area (Å²) in [6, 6.07) is 13.6. The predicted octanol–water partition coefficient (Wildman–Crippen LogP) is 4.30. The van der Waals surface area contributed by atoms with Crippen molar-refractivity contribution in [1.29, 1.82) is 0 Å². The number of rotatable bonds is 4. The van der Waals surface area contributed by atoms with Gasteiger partial charge in [-0.25, -0.2) is 13.2 Å². The van der Waals surface area contributed by atoms with Gasteiger partial charge in [0.1, 0.15) is 0 Å². The van der Waals surface area contributed by atoms with Crippen molar-refractivity contribution in [2.45, 2.75) is 30.3 Å². The van der Waals surface area contributed by atoms with E-state index in [1.165, 1.54) is 10.4 Å². The fourth-order valence-electron chi connectivity index (χ4n) is 3.48. The summed E-state index contributed by atoms with van der Waals surface area (Å²) in [6.45, 7) is 1.06. The number of alkyl halides is 3. The lowest BCUT2D eigenvalue weighted by Gasteiger charge is -2.26. The highest BCUT2D eigenvalue weighted by Gasteiger charge is 2.38. The van der Waals surface area contributed by atoms with E-state index in [1.54, 1.807) is 30.6 Å². The number of anilines is 1. The summed E-state index contributed by atoms with van der Waals surface area (Å²) in [5, 5.41) is 11.8. The number of hydrogen-bond acceptors (Lipinski definition) is 5. The smallest absolute Gasteiger partial charge is 0.475 e. The van der Waals surface area contributed by atoms with Crippen LogP contribution in [-0.4, -0.2) is 54.0 Å². The minimum atomic E-state index is -5.08. The molecule has 1 amide bonds. The first kappa shape index (κ1) is 26.1. The Morgan fingerprint density at radius 2 is 1.66 bits per heavy atom. The van der Waals surface area contributed by atoms with Gasteiger partial charge in [0.25, 0.3) is 5.91 Å². The number of piperidine rings is 1. The Morgan fingerprint density at radius 3 is 2.31 bits per heavy atom. The Balaban J connectivity index is 0.000000429. The van der Waals surface area contributed by atoms with Crippen molar-refractivity contribution in [2.75, 3.05) is 18.4 Å². The zero-order chi connectivity index (χ0) is 25.6. The molecule has 3 aromatic rings. The van der Waals surface area contributed by atoms with Crippen molar-refractivity contribution < 1.29 is 36.3 Å². The molecule has 4 rings (SSSR count). The Kier molecular flexibility index (Phi) is 8.07. The van der Waals surface area contributed by atoms with Crippen molar-refractivity contribution in [3.8, 4) is 0 Å². The summed E-state index contributed by atoms with van der Waals surface area (Å²) >= 11 is 0. The van der Waals surface area contributed by atoms with Crippen LogP contribution in [0.3, 0.4) is 0 Å². The number of aromatic nitrogens is 1. The summed E-state index contributed by atoms with van der Waals surface area (Å²) in [6.07, 6.45) is 1.11. The zero-order valence-corrected chi connectivity index (χ0v) is 19.1. The summed E-state index contributed by atoms with van der Waals surface area (Å²) in [5.41, 5.74) is 0.971. The summed E-state index contributed by atoms with van der Waals surface area (Å²) in [5.74, 6) is -3.10. The van der Waals surface area contributed by atoms with Crippen molar-refractivity contribution in [3.05, 3.63) is 66.5 Å². The van der Waals surface area contributed by atoms with Gasteiger partial charge in [0.2, 0.25) is 10.0 Å². The second-order valence-corrected chi connectivity index (χ2v) is 9.59. The van der Waals surface area contributed by atoms with E-state index in [0.29, 0.717) is 24.3 Å². The molecular weight excluding hydrogens is 487 g/mol. The van der Waals surface area contributed by atoms with Crippen molar-refractivity contribution in [3.63, 3.8) is 0 Å². The standard InChI is InChI=1S/C21H21N3O3S.C2HF3O2/c25-21(23-20-9-5-7-17-15-22-11-10-19(17)20)16-6-4-8-18(14-16)28(26,27)24-12-2-1-3-13-24;3-2(4,5)1(6)7/h4-11,14-15H,1-3,12-13H2,(H,23,25);(H,6,7). The molecule has 1 fully saturated rings. The van der Waals surface area contributed by atoms with Gasteiger partial charge in [0.05, 0.1) is 4.90 Å². The molecule has 186 valence electrons. The highest BCUT2D eigenvalue weighted by Crippen LogP contribution is 2.24. The molecule has 2 heterocycles. The van der Waals surface area contributed by atoms with Gasteiger partial charge in [-0.3, -0.25) is 9.78 Å². The van der Waals surface area contributed by atoms with Gasteiger partial charge >= 0.3 is 12.1 Å². The van der Waals surface area contributed by atoms with Crippen LogP contribution in [0.2, 0.25) is 0 Å². The lowest BCUT2D eigenvalue weighted by Crippen LogP contribution is -2.35. The van der Waals surface area contributed by atoms with Gasteiger partial charge in [-0.15, -0.1) is 0 Å². The molecule has 1 saturated heterocycles. The first-order valence-corrected chi connectivity index (χ1v) is 12.0. The quantitative estimate of drug-likeness (QED) is 0.542. The topological polar surface area (TPSA) is 117 Å².